The third-order valence-corrected chi connectivity index (χ3v) is 4.42. The van der Waals surface area contributed by atoms with Gasteiger partial charge in [-0.2, -0.15) is 0 Å². The molecule has 2 N–H and O–H groups in total. The molecule has 0 atom stereocenters. The lowest BCUT2D eigenvalue weighted by molar-refractivity contribution is 1.06. The molecule has 0 aliphatic heterocycles. The lowest BCUT2D eigenvalue weighted by atomic mass is 10.2. The van der Waals surface area contributed by atoms with E-state index in [-0.39, 0.29) is 0 Å². The van der Waals surface area contributed by atoms with Crippen LogP contribution in [0.5, 0.6) is 0 Å². The van der Waals surface area contributed by atoms with Gasteiger partial charge in [0, 0.05) is 17.8 Å². The van der Waals surface area contributed by atoms with Gasteiger partial charge < -0.3 is 10.6 Å². The van der Waals surface area contributed by atoms with Gasteiger partial charge >= 0.3 is 0 Å². The molecule has 0 radical (unpaired) electrons. The molecule has 0 amide bonds. The predicted octanol–water partition coefficient (Wildman–Crippen LogP) is 4.44. The summed E-state index contributed by atoms with van der Waals surface area (Å²) in [6.07, 6.45) is 1.77. The third kappa shape index (κ3) is 3.32. The highest BCUT2D eigenvalue weighted by Gasteiger charge is 2.06. The molecule has 110 valence electrons. The molecule has 0 unspecified atom stereocenters. The maximum absolute atomic E-state index is 5.19. The van der Waals surface area contributed by atoms with E-state index in [1.54, 1.807) is 17.4 Å². The molecule has 0 aliphatic carbocycles. The molecule has 5 heteroatoms. The number of benzene rings is 2. The topological polar surface area (TPSA) is 37.0 Å². The quantitative estimate of drug-likeness (QED) is 0.549. The fraction of sp³-hybridized carbons (Fsp3) is 0.0588. The summed E-state index contributed by atoms with van der Waals surface area (Å²) in [7, 11) is 0. The van der Waals surface area contributed by atoms with Gasteiger partial charge in [0.15, 0.2) is 5.11 Å². The zero-order valence-corrected chi connectivity index (χ0v) is 13.5. The normalized spacial score (nSPS) is 10.4. The highest BCUT2D eigenvalue weighted by Crippen LogP contribution is 2.30. The van der Waals surface area contributed by atoms with Crippen LogP contribution in [0, 0.1) is 0 Å². The first-order valence-corrected chi connectivity index (χ1v) is 8.10. The Balaban J connectivity index is 1.76. The summed E-state index contributed by atoms with van der Waals surface area (Å²) in [5, 5.41) is 7.79. The van der Waals surface area contributed by atoms with Crippen molar-refractivity contribution in [2.24, 2.45) is 0 Å². The minimum Gasteiger partial charge on any atom is -0.359 e. The standard InChI is InChI=1S/C17H15N3S2/c1-2-11-18-17(21)19-13-9-7-12(8-10-13)16-20-14-5-3-4-6-15(14)22-16/h2-10H,1,11H2,(H2,18,19,21). The molecule has 0 saturated heterocycles. The molecule has 1 heterocycles. The summed E-state index contributed by atoms with van der Waals surface area (Å²) >= 11 is 6.89. The molecule has 3 nitrogen and oxygen atoms in total. The van der Waals surface area contributed by atoms with Crippen molar-refractivity contribution in [3.63, 3.8) is 0 Å². The lowest BCUT2D eigenvalue weighted by Gasteiger charge is -2.09. The number of hydrogen-bond acceptors (Lipinski definition) is 3. The van der Waals surface area contributed by atoms with Crippen molar-refractivity contribution in [3.05, 3.63) is 61.2 Å². The molecule has 0 aliphatic rings. The van der Waals surface area contributed by atoms with Crippen LogP contribution in [0.2, 0.25) is 0 Å². The number of nitrogens with zero attached hydrogens (tertiary/aromatic N) is 1. The minimum atomic E-state index is 0.590. The molecule has 3 aromatic rings. The van der Waals surface area contributed by atoms with Crippen LogP contribution in [0.4, 0.5) is 5.69 Å². The predicted molar refractivity (Wildman–Crippen MR) is 99.5 cm³/mol. The summed E-state index contributed by atoms with van der Waals surface area (Å²) in [5.41, 5.74) is 3.10. The van der Waals surface area contributed by atoms with Gasteiger partial charge in [0.2, 0.25) is 0 Å². The van der Waals surface area contributed by atoms with Crippen molar-refractivity contribution in [1.82, 2.24) is 10.3 Å². The second-order valence-electron chi connectivity index (χ2n) is 4.69. The van der Waals surface area contributed by atoms with Gasteiger partial charge in [0.25, 0.3) is 0 Å². The van der Waals surface area contributed by atoms with E-state index < -0.39 is 0 Å². The van der Waals surface area contributed by atoms with E-state index in [0.717, 1.165) is 21.8 Å². The monoisotopic (exact) mass is 325 g/mol. The molecule has 0 spiro atoms. The summed E-state index contributed by atoms with van der Waals surface area (Å²) in [6, 6.07) is 16.3. The molecule has 0 fully saturated rings. The van der Waals surface area contributed by atoms with Crippen LogP contribution >= 0.6 is 23.6 Å². The molecule has 0 bridgehead atoms. The Labute approximate surface area is 138 Å². The molecule has 1 aromatic heterocycles. The Bertz CT molecular complexity index is 773. The SMILES string of the molecule is C=CCNC(=S)Nc1ccc(-c2nc3ccccc3s2)cc1. The van der Waals surface area contributed by atoms with Gasteiger partial charge in [0.05, 0.1) is 10.2 Å². The fourth-order valence-electron chi connectivity index (χ4n) is 2.03. The van der Waals surface area contributed by atoms with Crippen LogP contribution in [-0.4, -0.2) is 16.6 Å². The number of fused-ring (bicyclic) bond motifs is 1. The Hall–Kier alpha value is -2.24. The van der Waals surface area contributed by atoms with Gasteiger partial charge in [-0.3, -0.25) is 0 Å². The number of aromatic nitrogens is 1. The van der Waals surface area contributed by atoms with Crippen LogP contribution in [0.1, 0.15) is 0 Å². The van der Waals surface area contributed by atoms with Gasteiger partial charge in [-0.15, -0.1) is 17.9 Å². The average Bonchev–Trinajstić information content (AvgIpc) is 2.97. The molecule has 22 heavy (non-hydrogen) atoms. The van der Waals surface area contributed by atoms with Crippen molar-refractivity contribution >= 4 is 44.6 Å². The molecule has 0 saturated carbocycles. The first-order valence-electron chi connectivity index (χ1n) is 6.88. The Kier molecular flexibility index (Phi) is 4.46. The van der Waals surface area contributed by atoms with Crippen molar-refractivity contribution in [2.75, 3.05) is 11.9 Å². The zero-order chi connectivity index (χ0) is 15.4. The molecular formula is C17H15N3S2. The van der Waals surface area contributed by atoms with Crippen molar-refractivity contribution in [3.8, 4) is 10.6 Å². The number of anilines is 1. The average molecular weight is 325 g/mol. The Morgan fingerprint density at radius 1 is 1.18 bits per heavy atom. The van der Waals surface area contributed by atoms with E-state index in [9.17, 15) is 0 Å². The second-order valence-corrected chi connectivity index (χ2v) is 6.13. The highest BCUT2D eigenvalue weighted by molar-refractivity contribution is 7.80. The number of rotatable bonds is 4. The first-order chi connectivity index (χ1) is 10.8. The maximum atomic E-state index is 5.19. The maximum Gasteiger partial charge on any atom is 0.171 e. The van der Waals surface area contributed by atoms with E-state index in [0.29, 0.717) is 11.7 Å². The highest BCUT2D eigenvalue weighted by atomic mass is 32.1. The first kappa shape index (κ1) is 14.7. The van der Waals surface area contributed by atoms with Crippen molar-refractivity contribution in [1.29, 1.82) is 0 Å². The summed E-state index contributed by atoms with van der Waals surface area (Å²) < 4.78 is 1.20. The van der Waals surface area contributed by atoms with Crippen molar-refractivity contribution in [2.45, 2.75) is 0 Å². The van der Waals surface area contributed by atoms with Crippen LogP contribution in [0.25, 0.3) is 20.8 Å². The van der Waals surface area contributed by atoms with Gasteiger partial charge in [-0.1, -0.05) is 18.2 Å². The van der Waals surface area contributed by atoms with Crippen LogP contribution in [-0.2, 0) is 0 Å². The number of thiazole rings is 1. The summed E-state index contributed by atoms with van der Waals surface area (Å²) in [5.74, 6) is 0. The van der Waals surface area contributed by atoms with Crippen LogP contribution in [0.15, 0.2) is 61.2 Å². The van der Waals surface area contributed by atoms with E-state index in [2.05, 4.69) is 40.4 Å². The lowest BCUT2D eigenvalue weighted by Crippen LogP contribution is -2.28. The van der Waals surface area contributed by atoms with E-state index in [1.165, 1.54) is 4.70 Å². The van der Waals surface area contributed by atoms with E-state index in [1.807, 2.05) is 30.3 Å². The van der Waals surface area contributed by atoms with Crippen LogP contribution in [0.3, 0.4) is 0 Å². The summed E-state index contributed by atoms with van der Waals surface area (Å²) in [4.78, 5) is 4.66. The number of nitrogens with one attached hydrogen (secondary N) is 2. The van der Waals surface area contributed by atoms with Crippen LogP contribution < -0.4 is 10.6 Å². The fourth-order valence-corrected chi connectivity index (χ4v) is 3.20. The smallest absolute Gasteiger partial charge is 0.171 e. The number of para-hydroxylation sites is 1. The Morgan fingerprint density at radius 2 is 1.95 bits per heavy atom. The zero-order valence-electron chi connectivity index (χ0n) is 11.9. The van der Waals surface area contributed by atoms with Crippen molar-refractivity contribution < 1.29 is 0 Å². The molecule has 2 aromatic carbocycles. The van der Waals surface area contributed by atoms with E-state index >= 15 is 0 Å². The number of thiocarbonyl (C=S) groups is 1. The molecule has 3 rings (SSSR count). The largest absolute Gasteiger partial charge is 0.359 e. The number of hydrogen-bond donors (Lipinski definition) is 2. The summed E-state index contributed by atoms with van der Waals surface area (Å²) in [6.45, 7) is 4.30. The third-order valence-electron chi connectivity index (χ3n) is 3.09. The second kappa shape index (κ2) is 6.68. The van der Waals surface area contributed by atoms with Gasteiger partial charge in [-0.25, -0.2) is 4.98 Å². The van der Waals surface area contributed by atoms with Gasteiger partial charge in [-0.05, 0) is 48.6 Å². The van der Waals surface area contributed by atoms with E-state index in [4.69, 9.17) is 12.2 Å². The Morgan fingerprint density at radius 3 is 2.68 bits per heavy atom. The minimum absolute atomic E-state index is 0.590. The van der Waals surface area contributed by atoms with Gasteiger partial charge in [0.1, 0.15) is 5.01 Å². The molecular weight excluding hydrogens is 310 g/mol.